The predicted molar refractivity (Wildman–Crippen MR) is 155 cm³/mol. The van der Waals surface area contributed by atoms with Crippen LogP contribution in [0.4, 0.5) is 0 Å². The van der Waals surface area contributed by atoms with Crippen LogP contribution in [0.15, 0.2) is 59.1 Å². The quantitative estimate of drug-likeness (QED) is 0.333. The molecule has 0 saturated carbocycles. The molecule has 0 amide bonds. The molecule has 0 bridgehead atoms. The van der Waals surface area contributed by atoms with Crippen LogP contribution in [0.1, 0.15) is 75.9 Å². The third kappa shape index (κ3) is 3.78. The van der Waals surface area contributed by atoms with Gasteiger partial charge in [-0.1, -0.05) is 71.4 Å². The zero-order valence-electron chi connectivity index (χ0n) is 24.5. The van der Waals surface area contributed by atoms with Crippen LogP contribution in [0.5, 0.6) is 5.75 Å². The number of carbonyl (C=O) groups is 3. The summed E-state index contributed by atoms with van der Waals surface area (Å²) in [7, 11) is 0. The molecule has 4 atom stereocenters. The number of aryl methyl sites for hydroxylation is 1. The van der Waals surface area contributed by atoms with Crippen molar-refractivity contribution in [1.82, 2.24) is 0 Å². The van der Waals surface area contributed by atoms with E-state index in [4.69, 9.17) is 0 Å². The first-order valence-corrected chi connectivity index (χ1v) is 14.3. The molecule has 0 heterocycles. The summed E-state index contributed by atoms with van der Waals surface area (Å²) in [4.78, 5) is 40.6. The average molecular weight is 559 g/mol. The first kappa shape index (κ1) is 28.8. The lowest BCUT2D eigenvalue weighted by Crippen LogP contribution is -2.67. The van der Waals surface area contributed by atoms with Gasteiger partial charge in [0.05, 0.1) is 5.56 Å². The molecule has 0 saturated heterocycles. The molecule has 7 heteroatoms. The fourth-order valence-electron chi connectivity index (χ4n) is 8.19. The van der Waals surface area contributed by atoms with Crippen molar-refractivity contribution in [2.24, 2.45) is 22.7 Å². The van der Waals surface area contributed by atoms with E-state index in [1.54, 1.807) is 13.0 Å². The van der Waals surface area contributed by atoms with Gasteiger partial charge in [0, 0.05) is 22.3 Å². The second kappa shape index (κ2) is 9.41. The topological polar surface area (TPSA) is 132 Å². The number of benzene rings is 2. The Morgan fingerprint density at radius 2 is 1.76 bits per heavy atom. The molecular formula is C34H38O7. The van der Waals surface area contributed by atoms with Crippen LogP contribution in [0.3, 0.4) is 0 Å². The number of hydrogen-bond acceptors (Lipinski definition) is 7. The summed E-state index contributed by atoms with van der Waals surface area (Å²) >= 11 is 0. The Morgan fingerprint density at radius 3 is 2.37 bits per heavy atom. The number of ketones is 3. The van der Waals surface area contributed by atoms with E-state index in [1.807, 2.05) is 32.9 Å². The second-order valence-electron chi connectivity index (χ2n) is 12.9. The Kier molecular flexibility index (Phi) is 6.61. The Balaban J connectivity index is 1.78. The van der Waals surface area contributed by atoms with Gasteiger partial charge in [-0.3, -0.25) is 14.4 Å². The van der Waals surface area contributed by atoms with Crippen molar-refractivity contribution >= 4 is 17.3 Å². The Labute approximate surface area is 240 Å². The monoisotopic (exact) mass is 558 g/mol. The lowest BCUT2D eigenvalue weighted by Gasteiger charge is -2.59. The van der Waals surface area contributed by atoms with Crippen LogP contribution < -0.4 is 0 Å². The average Bonchev–Trinajstić information content (AvgIpc) is 2.86. The molecule has 0 aliphatic heterocycles. The van der Waals surface area contributed by atoms with E-state index in [0.29, 0.717) is 5.56 Å². The standard InChI is InChI=1S/C34H38O7/c1-7-9-19-10-8-11-20(14-19)21-12-13-23(36)25-22(21)15-32(5)16-33(6)26(17(2)3)28(37)24(18(4)35)30(39)34(33,41)31(40)27(32)29(25)38/h8,10-14,17,26,36-37,40-41H,7,9,15-16H2,1-6H3/t26?,32-,33-,34+/m1/s1. The minimum Gasteiger partial charge on any atom is -0.511 e. The minimum absolute atomic E-state index is 0.0310. The first-order valence-electron chi connectivity index (χ1n) is 14.3. The fraction of sp³-hybridized carbons (Fsp3) is 0.441. The lowest BCUT2D eigenvalue weighted by atomic mass is 9.44. The lowest BCUT2D eigenvalue weighted by molar-refractivity contribution is -0.171. The van der Waals surface area contributed by atoms with Gasteiger partial charge in [0.15, 0.2) is 17.2 Å². The number of fused-ring (bicyclic) bond motifs is 3. The van der Waals surface area contributed by atoms with Gasteiger partial charge in [-0.15, -0.1) is 0 Å². The molecule has 1 unspecified atom stereocenters. The molecule has 7 nitrogen and oxygen atoms in total. The van der Waals surface area contributed by atoms with E-state index >= 15 is 0 Å². The van der Waals surface area contributed by atoms with Gasteiger partial charge >= 0.3 is 0 Å². The van der Waals surface area contributed by atoms with Crippen molar-refractivity contribution in [3.8, 4) is 16.9 Å². The SMILES string of the molecule is CCCc1cccc(-c2ccc(O)c3c2C[C@]2(C)C[C@]4(C)C(C(C)C)C(O)=C(C(C)=O)C(=O)[C@]4(O)C(O)=C2C3=O)c1. The minimum atomic E-state index is -2.61. The molecule has 0 spiro atoms. The highest BCUT2D eigenvalue weighted by atomic mass is 16.3. The number of aromatic hydroxyl groups is 1. The van der Waals surface area contributed by atoms with Crippen LogP contribution in [0.25, 0.3) is 11.1 Å². The van der Waals surface area contributed by atoms with Gasteiger partial charge in [0.2, 0.25) is 5.78 Å². The number of aliphatic hydroxyl groups excluding tert-OH is 2. The van der Waals surface area contributed by atoms with Crippen LogP contribution >= 0.6 is 0 Å². The Hall–Kier alpha value is -3.71. The highest BCUT2D eigenvalue weighted by Crippen LogP contribution is 2.65. The molecule has 41 heavy (non-hydrogen) atoms. The zero-order valence-corrected chi connectivity index (χ0v) is 24.5. The second-order valence-corrected chi connectivity index (χ2v) is 12.9. The number of aliphatic hydroxyl groups is 3. The summed E-state index contributed by atoms with van der Waals surface area (Å²) in [6, 6.07) is 11.3. The van der Waals surface area contributed by atoms with E-state index in [9.17, 15) is 34.8 Å². The van der Waals surface area contributed by atoms with Crippen LogP contribution in [-0.2, 0) is 22.4 Å². The maximum absolute atomic E-state index is 14.2. The molecule has 2 aromatic carbocycles. The summed E-state index contributed by atoms with van der Waals surface area (Å²) in [6.45, 7) is 10.3. The summed E-state index contributed by atoms with van der Waals surface area (Å²) < 4.78 is 0. The van der Waals surface area contributed by atoms with Gasteiger partial charge in [-0.25, -0.2) is 0 Å². The van der Waals surface area contributed by atoms with Crippen LogP contribution in [-0.4, -0.2) is 43.4 Å². The highest BCUT2D eigenvalue weighted by Gasteiger charge is 2.71. The first-order chi connectivity index (χ1) is 19.1. The van der Waals surface area contributed by atoms with Crippen molar-refractivity contribution < 1.29 is 34.8 Å². The van der Waals surface area contributed by atoms with E-state index in [2.05, 4.69) is 19.1 Å². The van der Waals surface area contributed by atoms with Crippen LogP contribution in [0.2, 0.25) is 0 Å². The van der Waals surface area contributed by atoms with E-state index in [1.165, 1.54) is 6.07 Å². The Bertz CT molecular complexity index is 1580. The molecule has 5 rings (SSSR count). The number of carbonyl (C=O) groups excluding carboxylic acids is 3. The third-order valence-electron chi connectivity index (χ3n) is 9.67. The van der Waals surface area contributed by atoms with E-state index < -0.39 is 56.8 Å². The summed E-state index contributed by atoms with van der Waals surface area (Å²) in [5.74, 6) is -5.12. The largest absolute Gasteiger partial charge is 0.511 e. The molecule has 2 aromatic rings. The maximum Gasteiger partial charge on any atom is 0.209 e. The van der Waals surface area contributed by atoms with Gasteiger partial charge in [-0.2, -0.15) is 0 Å². The molecule has 0 aromatic heterocycles. The molecule has 3 aliphatic carbocycles. The highest BCUT2D eigenvalue weighted by molar-refractivity contribution is 6.25. The van der Waals surface area contributed by atoms with E-state index in [-0.39, 0.29) is 35.6 Å². The number of hydrogen-bond donors (Lipinski definition) is 4. The number of Topliss-reactive ketones (excluding diaryl/α,β-unsaturated/α-hetero) is 3. The van der Waals surface area contributed by atoms with Crippen molar-refractivity contribution in [3.05, 3.63) is 75.8 Å². The Morgan fingerprint density at radius 1 is 1.07 bits per heavy atom. The van der Waals surface area contributed by atoms with E-state index in [0.717, 1.165) is 36.5 Å². The number of rotatable bonds is 5. The van der Waals surface area contributed by atoms with Crippen molar-refractivity contribution in [3.63, 3.8) is 0 Å². The van der Waals surface area contributed by atoms with Gasteiger partial charge in [-0.05, 0) is 60.4 Å². The molecule has 216 valence electrons. The molecule has 0 fully saturated rings. The summed E-state index contributed by atoms with van der Waals surface area (Å²) in [5, 5.41) is 46.2. The van der Waals surface area contributed by atoms with Crippen molar-refractivity contribution in [2.75, 3.05) is 0 Å². The number of phenolic OH excluding ortho intramolecular Hbond substituents is 1. The van der Waals surface area contributed by atoms with Crippen molar-refractivity contribution in [1.29, 1.82) is 0 Å². The summed E-state index contributed by atoms with van der Waals surface area (Å²) in [6.07, 6.45) is 2.18. The normalized spacial score (nSPS) is 29.4. The number of allylic oxidation sites excluding steroid dienone is 2. The smallest absolute Gasteiger partial charge is 0.209 e. The molecule has 0 radical (unpaired) electrons. The maximum atomic E-state index is 14.2. The van der Waals surface area contributed by atoms with Crippen molar-refractivity contribution in [2.45, 2.75) is 72.8 Å². The zero-order chi connectivity index (χ0) is 30.2. The van der Waals surface area contributed by atoms with Gasteiger partial charge in [0.1, 0.15) is 22.8 Å². The van der Waals surface area contributed by atoms with Crippen LogP contribution in [0, 0.1) is 22.7 Å². The fourth-order valence-corrected chi connectivity index (χ4v) is 8.19. The number of phenols is 1. The predicted octanol–water partition coefficient (Wildman–Crippen LogP) is 5.97. The van der Waals surface area contributed by atoms with Gasteiger partial charge in [0.25, 0.3) is 0 Å². The molecule has 3 aliphatic rings. The molecule has 4 N–H and O–H groups in total. The van der Waals surface area contributed by atoms with Gasteiger partial charge < -0.3 is 20.4 Å². The summed E-state index contributed by atoms with van der Waals surface area (Å²) in [5.41, 5.74) is -2.31. The third-order valence-corrected chi connectivity index (χ3v) is 9.67. The molecular weight excluding hydrogens is 520 g/mol.